The van der Waals surface area contributed by atoms with Crippen LogP contribution in [-0.4, -0.2) is 34.1 Å². The van der Waals surface area contributed by atoms with Gasteiger partial charge in [0.2, 0.25) is 0 Å². The van der Waals surface area contributed by atoms with Crippen molar-refractivity contribution in [3.63, 3.8) is 0 Å². The molecule has 9 heteroatoms. The molecule has 0 aromatic carbocycles. The monoisotopic (exact) mass is 312 g/mol. The van der Waals surface area contributed by atoms with E-state index in [4.69, 9.17) is 23.1 Å². The fourth-order valence-electron chi connectivity index (χ4n) is 1.90. The maximum absolute atomic E-state index is 6.12. The average Bonchev–Trinajstić information content (AvgIpc) is 1.65. The minimum Gasteiger partial charge on any atom is -0.424 e. The van der Waals surface area contributed by atoms with Crippen molar-refractivity contribution in [1.82, 2.24) is 0 Å². The van der Waals surface area contributed by atoms with Crippen LogP contribution in [0.1, 0.15) is 0 Å². The lowest BCUT2D eigenvalue weighted by Gasteiger charge is -2.38. The van der Waals surface area contributed by atoms with Gasteiger partial charge in [-0.3, -0.25) is 0 Å². The Balaban J connectivity index is 4.59. The van der Waals surface area contributed by atoms with Crippen molar-refractivity contribution in [2.75, 3.05) is 0 Å². The summed E-state index contributed by atoms with van der Waals surface area (Å²) < 4.78 is 18.0. The largest absolute Gasteiger partial charge is 0.424 e. The summed E-state index contributed by atoms with van der Waals surface area (Å²) in [6, 6.07) is 0. The highest BCUT2D eigenvalue weighted by atomic mass is 28.5. The Morgan fingerprint density at radius 1 is 0.529 bits per heavy atom. The third-order valence-electron chi connectivity index (χ3n) is 1.51. The van der Waals surface area contributed by atoms with Crippen LogP contribution in [0.5, 0.6) is 0 Å². The van der Waals surface area contributed by atoms with Crippen LogP contribution in [0.25, 0.3) is 0 Å². The van der Waals surface area contributed by atoms with Gasteiger partial charge in [-0.2, -0.15) is 0 Å². The molecule has 0 fully saturated rings. The van der Waals surface area contributed by atoms with E-state index in [2.05, 4.69) is 0 Å². The van der Waals surface area contributed by atoms with Crippen molar-refractivity contribution in [2.24, 2.45) is 10.8 Å². The van der Waals surface area contributed by atoms with E-state index in [0.29, 0.717) is 0 Å². The van der Waals surface area contributed by atoms with E-state index < -0.39 is 34.1 Å². The second-order valence-electron chi connectivity index (χ2n) is 6.31. The van der Waals surface area contributed by atoms with E-state index in [0.717, 1.165) is 0 Å². The van der Waals surface area contributed by atoms with Gasteiger partial charge in [-0.25, -0.2) is 0 Å². The summed E-state index contributed by atoms with van der Waals surface area (Å²) in [4.78, 5) is 0. The molecule has 104 valence electrons. The molecular formula is C8H28N2O3Si4. The Morgan fingerprint density at radius 3 is 0.941 bits per heavy atom. The lowest BCUT2D eigenvalue weighted by Crippen LogP contribution is -2.60. The van der Waals surface area contributed by atoms with Crippen LogP contribution in [0, 0.1) is 0 Å². The molecule has 0 aromatic rings. The van der Waals surface area contributed by atoms with Gasteiger partial charge in [-0.1, -0.05) is 0 Å². The molecule has 0 spiro atoms. The summed E-state index contributed by atoms with van der Waals surface area (Å²) in [5.41, 5.74) is 0. The summed E-state index contributed by atoms with van der Waals surface area (Å²) in [6.07, 6.45) is 0. The van der Waals surface area contributed by atoms with Crippen LogP contribution in [0.4, 0.5) is 0 Å². The highest BCUT2D eigenvalue weighted by molar-refractivity contribution is 6.88. The first-order valence-corrected chi connectivity index (χ1v) is 17.4. The summed E-state index contributed by atoms with van der Waals surface area (Å²) >= 11 is 0. The molecule has 0 unspecified atom stereocenters. The van der Waals surface area contributed by atoms with Crippen molar-refractivity contribution >= 4 is 34.1 Å². The van der Waals surface area contributed by atoms with Gasteiger partial charge < -0.3 is 23.1 Å². The first-order valence-electron chi connectivity index (χ1n) is 5.80. The predicted octanol–water partition coefficient (Wildman–Crippen LogP) is 1.76. The van der Waals surface area contributed by atoms with Crippen molar-refractivity contribution < 1.29 is 12.3 Å². The quantitative estimate of drug-likeness (QED) is 0.731. The zero-order valence-electron chi connectivity index (χ0n) is 12.4. The van der Waals surface area contributed by atoms with Crippen LogP contribution < -0.4 is 10.8 Å². The van der Waals surface area contributed by atoms with E-state index in [1.165, 1.54) is 0 Å². The Morgan fingerprint density at radius 2 is 0.765 bits per heavy atom. The molecule has 0 aliphatic rings. The normalized spacial score (nSPS) is 15.2. The molecule has 0 heterocycles. The van der Waals surface area contributed by atoms with Crippen molar-refractivity contribution in [3.05, 3.63) is 0 Å². The third kappa shape index (κ3) is 10.3. The third-order valence-corrected chi connectivity index (χ3v) is 13.6. The predicted molar refractivity (Wildman–Crippen MR) is 81.6 cm³/mol. The number of hydrogen-bond donors (Lipinski definition) is 2. The molecule has 0 aliphatic heterocycles. The molecule has 0 saturated carbocycles. The molecule has 0 saturated heterocycles. The van der Waals surface area contributed by atoms with Crippen LogP contribution in [0.3, 0.4) is 0 Å². The highest BCUT2D eigenvalue weighted by Crippen LogP contribution is 2.21. The lowest BCUT2D eigenvalue weighted by atomic mass is 11.9. The Kier molecular flexibility index (Phi) is 5.55. The van der Waals surface area contributed by atoms with Gasteiger partial charge in [0.1, 0.15) is 0 Å². The summed E-state index contributed by atoms with van der Waals surface area (Å²) in [7, 11) is -8.60. The molecule has 0 rings (SSSR count). The lowest BCUT2D eigenvalue weighted by molar-refractivity contribution is 0.329. The second kappa shape index (κ2) is 5.34. The first kappa shape index (κ1) is 17.7. The first-order chi connectivity index (χ1) is 7.12. The van der Waals surface area contributed by atoms with Gasteiger partial charge in [-0.15, -0.1) is 0 Å². The molecule has 0 aromatic heterocycles. The Labute approximate surface area is 110 Å². The van der Waals surface area contributed by atoms with Crippen molar-refractivity contribution in [3.8, 4) is 0 Å². The maximum Gasteiger partial charge on any atom is 0.313 e. The van der Waals surface area contributed by atoms with Gasteiger partial charge in [-0.05, 0) is 52.4 Å². The van der Waals surface area contributed by atoms with Gasteiger partial charge in [0.15, 0.2) is 0 Å². The topological polar surface area (TPSA) is 79.7 Å². The number of rotatable bonds is 6. The van der Waals surface area contributed by atoms with E-state index in [-0.39, 0.29) is 0 Å². The molecule has 0 radical (unpaired) electrons. The van der Waals surface area contributed by atoms with Gasteiger partial charge in [0, 0.05) is 0 Å². The number of hydrogen-bond acceptors (Lipinski definition) is 5. The molecule has 5 nitrogen and oxygen atoms in total. The Bertz CT molecular complexity index is 234. The van der Waals surface area contributed by atoms with Crippen molar-refractivity contribution in [1.29, 1.82) is 0 Å². The molecule has 17 heavy (non-hydrogen) atoms. The zero-order chi connectivity index (χ0) is 14.1. The van der Waals surface area contributed by atoms with E-state index in [1.807, 2.05) is 52.4 Å². The van der Waals surface area contributed by atoms with E-state index >= 15 is 0 Å². The molecule has 0 atom stereocenters. The van der Waals surface area contributed by atoms with Gasteiger partial charge >= 0.3 is 17.1 Å². The van der Waals surface area contributed by atoms with E-state index in [1.54, 1.807) is 0 Å². The second-order valence-corrected chi connectivity index (χ2v) is 20.8. The van der Waals surface area contributed by atoms with Gasteiger partial charge in [0.25, 0.3) is 17.0 Å². The SMILES string of the molecule is C[Si](C)(N)O[Si](C)(C)O[Si](C)(C)O[Si](C)(C)N. The standard InChI is InChI=1S/C8H28N2O3Si4/c1-14(2,9)11-16(5,6)13-17(7,8)12-15(3,4)10/h9-10H2,1-8H3. The van der Waals surface area contributed by atoms with Crippen LogP contribution in [0.15, 0.2) is 0 Å². The maximum atomic E-state index is 6.12. The minimum atomic E-state index is -2.23. The van der Waals surface area contributed by atoms with Crippen LogP contribution in [-0.2, 0) is 12.3 Å². The molecule has 0 bridgehead atoms. The fraction of sp³-hybridized carbons (Fsp3) is 1.00. The van der Waals surface area contributed by atoms with Crippen LogP contribution >= 0.6 is 0 Å². The van der Waals surface area contributed by atoms with Crippen LogP contribution in [0.2, 0.25) is 52.4 Å². The average molecular weight is 313 g/mol. The zero-order valence-corrected chi connectivity index (χ0v) is 16.4. The molecule has 4 N–H and O–H groups in total. The summed E-state index contributed by atoms with van der Waals surface area (Å²) in [5.74, 6) is 0. The summed E-state index contributed by atoms with van der Waals surface area (Å²) in [6.45, 7) is 15.9. The van der Waals surface area contributed by atoms with Crippen molar-refractivity contribution in [2.45, 2.75) is 52.4 Å². The minimum absolute atomic E-state index is 1.96. The summed E-state index contributed by atoms with van der Waals surface area (Å²) in [5, 5.41) is 12.0. The van der Waals surface area contributed by atoms with Gasteiger partial charge in [0.05, 0.1) is 0 Å². The molecule has 0 aliphatic carbocycles. The molecular weight excluding hydrogens is 284 g/mol. The molecule has 0 amide bonds. The fourth-order valence-corrected chi connectivity index (χ4v) is 17.9. The Hall–Kier alpha value is 0.668. The number of nitrogens with two attached hydrogens (primary N) is 2. The smallest absolute Gasteiger partial charge is 0.313 e. The highest BCUT2D eigenvalue weighted by Gasteiger charge is 2.41. The van der Waals surface area contributed by atoms with E-state index in [9.17, 15) is 0 Å².